The fourth-order valence-electron chi connectivity index (χ4n) is 4.53. The van der Waals surface area contributed by atoms with Crippen LogP contribution in [-0.4, -0.2) is 40.5 Å². The lowest BCUT2D eigenvalue weighted by Crippen LogP contribution is -2.46. The minimum atomic E-state index is 0.110. The summed E-state index contributed by atoms with van der Waals surface area (Å²) in [6.45, 7) is 4.28. The van der Waals surface area contributed by atoms with Crippen molar-refractivity contribution in [3.05, 3.63) is 52.9 Å². The highest BCUT2D eigenvalue weighted by Gasteiger charge is 2.32. The summed E-state index contributed by atoms with van der Waals surface area (Å²) in [5.74, 6) is 2.08. The van der Waals surface area contributed by atoms with Gasteiger partial charge < -0.3 is 9.42 Å². The Hall–Kier alpha value is -2.14. The standard InChI is InChI=1S/C22H27N3O2/c26-22(25-11-9-16-4-1-2-5-18(16)14-25)19-6-3-10-24(13-19)15-20-12-21(27-23-20)17-7-8-17/h1-2,4-5,12,17,19H,3,6-11,13-15H2. The van der Waals surface area contributed by atoms with Gasteiger partial charge in [0.05, 0.1) is 11.6 Å². The Balaban J connectivity index is 1.20. The van der Waals surface area contributed by atoms with Crippen molar-refractivity contribution in [2.75, 3.05) is 19.6 Å². The smallest absolute Gasteiger partial charge is 0.227 e. The van der Waals surface area contributed by atoms with Gasteiger partial charge in [-0.15, -0.1) is 0 Å². The summed E-state index contributed by atoms with van der Waals surface area (Å²) >= 11 is 0. The molecule has 3 heterocycles. The summed E-state index contributed by atoms with van der Waals surface area (Å²) in [5.41, 5.74) is 3.71. The van der Waals surface area contributed by atoms with E-state index in [2.05, 4.69) is 45.3 Å². The second-order valence-electron chi connectivity index (χ2n) is 8.35. The van der Waals surface area contributed by atoms with E-state index in [1.165, 1.54) is 24.0 Å². The van der Waals surface area contributed by atoms with Crippen LogP contribution in [0.15, 0.2) is 34.9 Å². The molecule has 5 nitrogen and oxygen atoms in total. The molecule has 142 valence electrons. The van der Waals surface area contributed by atoms with Crippen LogP contribution in [0.1, 0.15) is 54.2 Å². The highest BCUT2D eigenvalue weighted by Crippen LogP contribution is 2.40. The molecule has 1 unspecified atom stereocenters. The Bertz CT molecular complexity index is 826. The van der Waals surface area contributed by atoms with Crippen LogP contribution in [-0.2, 0) is 24.3 Å². The Kier molecular flexibility index (Phi) is 4.48. The largest absolute Gasteiger partial charge is 0.361 e. The lowest BCUT2D eigenvalue weighted by Gasteiger charge is -2.36. The van der Waals surface area contributed by atoms with E-state index in [9.17, 15) is 4.79 Å². The summed E-state index contributed by atoms with van der Waals surface area (Å²) < 4.78 is 5.48. The van der Waals surface area contributed by atoms with Crippen molar-refractivity contribution in [3.63, 3.8) is 0 Å². The number of hydrogen-bond acceptors (Lipinski definition) is 4. The van der Waals surface area contributed by atoms with E-state index in [1.807, 2.05) is 0 Å². The number of piperidine rings is 1. The van der Waals surface area contributed by atoms with Crippen molar-refractivity contribution >= 4 is 5.91 Å². The number of carbonyl (C=O) groups excluding carboxylic acids is 1. The number of aromatic nitrogens is 1. The van der Waals surface area contributed by atoms with Crippen molar-refractivity contribution in [1.82, 2.24) is 15.0 Å². The first-order valence-corrected chi connectivity index (χ1v) is 10.3. The maximum Gasteiger partial charge on any atom is 0.227 e. The minimum Gasteiger partial charge on any atom is -0.361 e. The van der Waals surface area contributed by atoms with Gasteiger partial charge in [0.25, 0.3) is 0 Å². The zero-order valence-corrected chi connectivity index (χ0v) is 15.8. The highest BCUT2D eigenvalue weighted by atomic mass is 16.5. The molecule has 1 saturated carbocycles. The first-order valence-electron chi connectivity index (χ1n) is 10.3. The van der Waals surface area contributed by atoms with Crippen LogP contribution in [0.2, 0.25) is 0 Å². The summed E-state index contributed by atoms with van der Waals surface area (Å²) in [4.78, 5) is 17.6. The molecule has 1 atom stereocenters. The Morgan fingerprint density at radius 1 is 1.15 bits per heavy atom. The number of carbonyl (C=O) groups is 1. The third-order valence-electron chi connectivity index (χ3n) is 6.24. The van der Waals surface area contributed by atoms with Gasteiger partial charge in [-0.2, -0.15) is 0 Å². The van der Waals surface area contributed by atoms with Gasteiger partial charge in [0.1, 0.15) is 5.76 Å². The minimum absolute atomic E-state index is 0.110. The van der Waals surface area contributed by atoms with E-state index in [0.717, 1.165) is 63.4 Å². The molecular weight excluding hydrogens is 338 g/mol. The Morgan fingerprint density at radius 2 is 2.00 bits per heavy atom. The van der Waals surface area contributed by atoms with Gasteiger partial charge in [-0.25, -0.2) is 0 Å². The monoisotopic (exact) mass is 365 g/mol. The van der Waals surface area contributed by atoms with Gasteiger partial charge in [-0.3, -0.25) is 9.69 Å². The number of fused-ring (bicyclic) bond motifs is 1. The molecule has 5 rings (SSSR count). The summed E-state index contributed by atoms with van der Waals surface area (Å²) in [5, 5.41) is 4.24. The molecule has 1 aliphatic carbocycles. The van der Waals surface area contributed by atoms with Gasteiger partial charge in [-0.1, -0.05) is 29.4 Å². The number of benzene rings is 1. The molecule has 0 spiro atoms. The molecule has 0 bridgehead atoms. The molecule has 5 heteroatoms. The van der Waals surface area contributed by atoms with Gasteiger partial charge >= 0.3 is 0 Å². The predicted molar refractivity (Wildman–Crippen MR) is 102 cm³/mol. The van der Waals surface area contributed by atoms with Crippen LogP contribution in [0.3, 0.4) is 0 Å². The lowest BCUT2D eigenvalue weighted by molar-refractivity contribution is -0.138. The second kappa shape index (κ2) is 7.12. The van der Waals surface area contributed by atoms with E-state index in [1.54, 1.807) is 0 Å². The van der Waals surface area contributed by atoms with E-state index in [0.29, 0.717) is 11.8 Å². The third-order valence-corrected chi connectivity index (χ3v) is 6.24. The van der Waals surface area contributed by atoms with Crippen LogP contribution in [0.5, 0.6) is 0 Å². The first kappa shape index (κ1) is 17.0. The topological polar surface area (TPSA) is 49.6 Å². The quantitative estimate of drug-likeness (QED) is 0.834. The van der Waals surface area contributed by atoms with E-state index < -0.39 is 0 Å². The molecule has 1 amide bonds. The summed E-state index contributed by atoms with van der Waals surface area (Å²) in [6.07, 6.45) is 5.51. The lowest BCUT2D eigenvalue weighted by atomic mass is 9.94. The molecule has 1 aromatic carbocycles. The third kappa shape index (κ3) is 3.65. The molecular formula is C22H27N3O2. The molecule has 3 aliphatic rings. The van der Waals surface area contributed by atoms with Crippen molar-refractivity contribution in [3.8, 4) is 0 Å². The maximum atomic E-state index is 13.1. The normalized spacial score (nSPS) is 23.3. The van der Waals surface area contributed by atoms with Crippen LogP contribution >= 0.6 is 0 Å². The van der Waals surface area contributed by atoms with Gasteiger partial charge in [-0.05, 0) is 49.8 Å². The summed E-state index contributed by atoms with van der Waals surface area (Å²) in [7, 11) is 0. The number of amides is 1. The highest BCUT2D eigenvalue weighted by molar-refractivity contribution is 5.79. The van der Waals surface area contributed by atoms with E-state index >= 15 is 0 Å². The average molecular weight is 365 g/mol. The zero-order chi connectivity index (χ0) is 18.2. The molecule has 2 aliphatic heterocycles. The van der Waals surface area contributed by atoms with Crippen molar-refractivity contribution in [2.24, 2.45) is 5.92 Å². The van der Waals surface area contributed by atoms with E-state index in [-0.39, 0.29) is 5.92 Å². The van der Waals surface area contributed by atoms with E-state index in [4.69, 9.17) is 4.52 Å². The van der Waals surface area contributed by atoms with Crippen LogP contribution in [0.4, 0.5) is 0 Å². The summed E-state index contributed by atoms with van der Waals surface area (Å²) in [6, 6.07) is 10.6. The van der Waals surface area contributed by atoms with Crippen molar-refractivity contribution in [1.29, 1.82) is 0 Å². The van der Waals surface area contributed by atoms with Gasteiger partial charge in [0, 0.05) is 38.2 Å². The number of hydrogen-bond donors (Lipinski definition) is 0. The van der Waals surface area contributed by atoms with Crippen LogP contribution < -0.4 is 0 Å². The Morgan fingerprint density at radius 3 is 2.85 bits per heavy atom. The fraction of sp³-hybridized carbons (Fsp3) is 0.545. The second-order valence-corrected chi connectivity index (χ2v) is 8.35. The van der Waals surface area contributed by atoms with Gasteiger partial charge in [0.15, 0.2) is 0 Å². The maximum absolute atomic E-state index is 13.1. The molecule has 27 heavy (non-hydrogen) atoms. The number of rotatable bonds is 4. The average Bonchev–Trinajstić information content (AvgIpc) is 3.47. The molecule has 0 radical (unpaired) electrons. The molecule has 1 aromatic heterocycles. The predicted octanol–water partition coefficient (Wildman–Crippen LogP) is 3.35. The van der Waals surface area contributed by atoms with Gasteiger partial charge in [0.2, 0.25) is 5.91 Å². The number of nitrogens with zero attached hydrogens (tertiary/aromatic N) is 3. The Labute approximate surface area is 160 Å². The zero-order valence-electron chi connectivity index (χ0n) is 15.8. The molecule has 0 N–H and O–H groups in total. The molecule has 2 fully saturated rings. The number of likely N-dealkylation sites (tertiary alicyclic amines) is 1. The molecule has 2 aromatic rings. The SMILES string of the molecule is O=C(C1CCCN(Cc2cc(C3CC3)on2)C1)N1CCc2ccccc2C1. The molecule has 1 saturated heterocycles. The van der Waals surface area contributed by atoms with Crippen LogP contribution in [0, 0.1) is 5.92 Å². The van der Waals surface area contributed by atoms with Crippen molar-refractivity contribution < 1.29 is 9.32 Å². The van der Waals surface area contributed by atoms with Crippen molar-refractivity contribution in [2.45, 2.75) is 51.1 Å². The van der Waals surface area contributed by atoms with Crippen LogP contribution in [0.25, 0.3) is 0 Å². The first-order chi connectivity index (χ1) is 13.3. The fourth-order valence-corrected chi connectivity index (χ4v) is 4.53.